The Hall–Kier alpha value is -0.530. The number of hydrogen-bond donors (Lipinski definition) is 0. The Labute approximate surface area is 50.5 Å². The summed E-state index contributed by atoms with van der Waals surface area (Å²) in [6.45, 7) is 5.40. The second kappa shape index (κ2) is 3.47. The van der Waals surface area contributed by atoms with Crippen molar-refractivity contribution in [2.24, 2.45) is 0 Å². The quantitative estimate of drug-likeness (QED) is 0.525. The van der Waals surface area contributed by atoms with E-state index >= 15 is 0 Å². The molecule has 0 unspecified atom stereocenters. The summed E-state index contributed by atoms with van der Waals surface area (Å²) in [6.07, 6.45) is 0.913. The van der Waals surface area contributed by atoms with Crippen LogP contribution in [0.2, 0.25) is 0 Å². The topological polar surface area (TPSA) is 20.3 Å². The maximum Gasteiger partial charge on any atom is 0.219 e. The smallest absolute Gasteiger partial charge is 0.219 e. The van der Waals surface area contributed by atoms with Gasteiger partial charge in [-0.1, -0.05) is 6.92 Å². The molecule has 8 heavy (non-hydrogen) atoms. The maximum absolute atomic E-state index is 10.4. The summed E-state index contributed by atoms with van der Waals surface area (Å²) in [5.74, 6) is 0.0897. The summed E-state index contributed by atoms with van der Waals surface area (Å²) in [7, 11) is 1.76. The molecule has 47 valence electrons. The van der Waals surface area contributed by atoms with E-state index in [1.807, 2.05) is 13.5 Å². The third-order valence-corrected chi connectivity index (χ3v) is 0.953. The highest BCUT2D eigenvalue weighted by molar-refractivity contribution is 5.73. The minimum Gasteiger partial charge on any atom is -0.341 e. The predicted molar refractivity (Wildman–Crippen MR) is 33.0 cm³/mol. The minimum atomic E-state index is 0.0897. The number of hydrogen-bond acceptors (Lipinski definition) is 1. The summed E-state index contributed by atoms with van der Waals surface area (Å²) in [6, 6.07) is 0. The van der Waals surface area contributed by atoms with Crippen LogP contribution < -0.4 is 0 Å². The molecule has 0 aromatic heterocycles. The van der Waals surface area contributed by atoms with E-state index in [0.29, 0.717) is 0 Å². The summed E-state index contributed by atoms with van der Waals surface area (Å²) in [5.41, 5.74) is 0. The lowest BCUT2D eigenvalue weighted by Gasteiger charge is -2.10. The van der Waals surface area contributed by atoms with Gasteiger partial charge in [0.1, 0.15) is 0 Å². The Bertz CT molecular complexity index is 80.6. The van der Waals surface area contributed by atoms with Crippen molar-refractivity contribution in [1.82, 2.24) is 4.90 Å². The Morgan fingerprint density at radius 3 is 2.38 bits per heavy atom. The zero-order chi connectivity index (χ0) is 6.57. The van der Waals surface area contributed by atoms with Crippen LogP contribution in [-0.2, 0) is 4.79 Å². The third kappa shape index (κ3) is 2.61. The first-order valence-electron chi connectivity index (χ1n) is 2.75. The maximum atomic E-state index is 10.4. The Morgan fingerprint density at radius 1 is 1.75 bits per heavy atom. The molecule has 0 aromatic rings. The lowest BCUT2D eigenvalue weighted by Crippen LogP contribution is -2.19. The van der Waals surface area contributed by atoms with E-state index in [2.05, 4.69) is 0 Å². The van der Waals surface area contributed by atoms with Gasteiger partial charge in [0.2, 0.25) is 5.91 Å². The van der Waals surface area contributed by atoms with Gasteiger partial charge in [-0.3, -0.25) is 4.79 Å². The second-order valence-corrected chi connectivity index (χ2v) is 1.72. The molecule has 2 heteroatoms. The molecule has 1 radical (unpaired) electrons. The van der Waals surface area contributed by atoms with Crippen molar-refractivity contribution in [3.63, 3.8) is 0 Å². The number of carbonyl (C=O) groups excluding carboxylic acids is 1. The first-order chi connectivity index (χ1) is 3.68. The molecule has 0 heterocycles. The van der Waals surface area contributed by atoms with Crippen molar-refractivity contribution in [3.8, 4) is 0 Å². The normalized spacial score (nSPS) is 8.88. The van der Waals surface area contributed by atoms with Crippen LogP contribution in [-0.4, -0.2) is 17.9 Å². The molecule has 0 spiro atoms. The van der Waals surface area contributed by atoms with E-state index < -0.39 is 0 Å². The molecule has 0 rings (SSSR count). The summed E-state index contributed by atoms with van der Waals surface area (Å²) in [5, 5.41) is 0. The number of nitrogens with zero attached hydrogens (tertiary/aromatic N) is 1. The highest BCUT2D eigenvalue weighted by Gasteiger charge is 1.97. The fraction of sp³-hybridized carbons (Fsp3) is 0.667. The van der Waals surface area contributed by atoms with E-state index in [9.17, 15) is 4.79 Å². The van der Waals surface area contributed by atoms with Crippen LogP contribution in [0, 0.1) is 6.54 Å². The molecule has 0 aliphatic rings. The van der Waals surface area contributed by atoms with E-state index in [1.54, 1.807) is 18.9 Å². The molecule has 0 aliphatic carbocycles. The van der Waals surface area contributed by atoms with Crippen molar-refractivity contribution in [1.29, 1.82) is 0 Å². The predicted octanol–water partition coefficient (Wildman–Crippen LogP) is 1.04. The van der Waals surface area contributed by atoms with Crippen molar-refractivity contribution in [3.05, 3.63) is 6.54 Å². The van der Waals surface area contributed by atoms with Gasteiger partial charge in [0.05, 0.1) is 6.54 Å². The van der Waals surface area contributed by atoms with Gasteiger partial charge in [0, 0.05) is 14.0 Å². The molecule has 0 aromatic carbocycles. The van der Waals surface area contributed by atoms with Crippen molar-refractivity contribution in [2.75, 3.05) is 7.05 Å². The first kappa shape index (κ1) is 7.47. The molecule has 0 saturated carbocycles. The lowest BCUT2D eigenvalue weighted by atomic mass is 10.4. The Balaban J connectivity index is 3.32. The third-order valence-electron chi connectivity index (χ3n) is 0.953. The monoisotopic (exact) mass is 114 g/mol. The van der Waals surface area contributed by atoms with E-state index in [-0.39, 0.29) is 5.91 Å². The molecule has 0 saturated heterocycles. The highest BCUT2D eigenvalue weighted by atomic mass is 16.2. The molecule has 0 atom stereocenters. The van der Waals surface area contributed by atoms with Gasteiger partial charge in [-0.2, -0.15) is 0 Å². The molecule has 1 amide bonds. The molecule has 0 N–H and O–H groups in total. The Kier molecular flexibility index (Phi) is 3.24. The van der Waals surface area contributed by atoms with E-state index in [4.69, 9.17) is 0 Å². The van der Waals surface area contributed by atoms with Crippen LogP contribution in [0.5, 0.6) is 0 Å². The van der Waals surface area contributed by atoms with E-state index in [1.165, 1.54) is 0 Å². The van der Waals surface area contributed by atoms with Crippen LogP contribution in [0.3, 0.4) is 0 Å². The van der Waals surface area contributed by atoms with Gasteiger partial charge in [-0.05, 0) is 6.42 Å². The fourth-order valence-electron chi connectivity index (χ4n) is 0.402. The average Bonchev–Trinajstić information content (AvgIpc) is 1.67. The molecule has 0 bridgehead atoms. The van der Waals surface area contributed by atoms with Crippen molar-refractivity contribution in [2.45, 2.75) is 20.3 Å². The first-order valence-corrected chi connectivity index (χ1v) is 2.75. The van der Waals surface area contributed by atoms with E-state index in [0.717, 1.165) is 6.42 Å². The van der Waals surface area contributed by atoms with Gasteiger partial charge in [-0.15, -0.1) is 0 Å². The lowest BCUT2D eigenvalue weighted by molar-refractivity contribution is -0.126. The van der Waals surface area contributed by atoms with Gasteiger partial charge in [0.25, 0.3) is 0 Å². The Morgan fingerprint density at radius 2 is 2.25 bits per heavy atom. The summed E-state index contributed by atoms with van der Waals surface area (Å²) >= 11 is 0. The molecule has 0 fully saturated rings. The number of rotatable bonds is 2. The highest BCUT2D eigenvalue weighted by Crippen LogP contribution is 1.91. The minimum absolute atomic E-state index is 0.0897. The van der Waals surface area contributed by atoms with Crippen molar-refractivity contribution < 1.29 is 4.79 Å². The van der Waals surface area contributed by atoms with Gasteiger partial charge in [0.15, 0.2) is 0 Å². The summed E-state index contributed by atoms with van der Waals surface area (Å²) < 4.78 is 0. The van der Waals surface area contributed by atoms with Gasteiger partial charge in [-0.25, -0.2) is 0 Å². The van der Waals surface area contributed by atoms with Crippen LogP contribution in [0.1, 0.15) is 20.3 Å². The van der Waals surface area contributed by atoms with Crippen molar-refractivity contribution >= 4 is 5.91 Å². The molecule has 0 aliphatic heterocycles. The SMILES string of the molecule is CC[CH]N(C)C(C)=O. The van der Waals surface area contributed by atoms with Crippen LogP contribution in [0.15, 0.2) is 0 Å². The zero-order valence-corrected chi connectivity index (χ0v) is 5.64. The van der Waals surface area contributed by atoms with Crippen LogP contribution in [0.25, 0.3) is 0 Å². The van der Waals surface area contributed by atoms with Crippen LogP contribution >= 0.6 is 0 Å². The standard InChI is InChI=1S/C6H12NO/c1-4-5-7(3)6(2)8/h5H,4H2,1-3H3. The second-order valence-electron chi connectivity index (χ2n) is 1.72. The average molecular weight is 114 g/mol. The zero-order valence-electron chi connectivity index (χ0n) is 5.64. The molecular formula is C6H12NO. The number of carbonyl (C=O) groups is 1. The summed E-state index contributed by atoms with van der Waals surface area (Å²) in [4.78, 5) is 12.0. The number of amides is 1. The van der Waals surface area contributed by atoms with Crippen LogP contribution in [0.4, 0.5) is 0 Å². The molecule has 2 nitrogen and oxygen atoms in total. The molecular weight excluding hydrogens is 102 g/mol. The fourth-order valence-corrected chi connectivity index (χ4v) is 0.402. The van der Waals surface area contributed by atoms with Gasteiger partial charge < -0.3 is 4.90 Å². The largest absolute Gasteiger partial charge is 0.341 e. The van der Waals surface area contributed by atoms with Gasteiger partial charge >= 0.3 is 0 Å².